The van der Waals surface area contributed by atoms with Crippen LogP contribution >= 0.6 is 0 Å². The molecule has 1 unspecified atom stereocenters. The van der Waals surface area contributed by atoms with Crippen LogP contribution in [0.25, 0.3) is 0 Å². The first-order valence-corrected chi connectivity index (χ1v) is 7.35. The number of ether oxygens (including phenoxy) is 1. The van der Waals surface area contributed by atoms with Crippen LogP contribution in [0, 0.1) is 0 Å². The van der Waals surface area contributed by atoms with E-state index in [1.807, 2.05) is 30.3 Å². The molecule has 0 aromatic heterocycles. The number of rotatable bonds is 6. The van der Waals surface area contributed by atoms with Gasteiger partial charge in [0.2, 0.25) is 0 Å². The van der Waals surface area contributed by atoms with Crippen molar-refractivity contribution in [3.8, 4) is 0 Å². The van der Waals surface area contributed by atoms with E-state index in [0.29, 0.717) is 10.9 Å². The second-order valence-corrected chi connectivity index (χ2v) is 5.95. The average Bonchev–Trinajstić information content (AvgIpc) is 2.34. The van der Waals surface area contributed by atoms with Crippen LogP contribution in [0.15, 0.2) is 42.5 Å². The minimum absolute atomic E-state index is 0.0419. The number of aliphatic hydroxyl groups excluding tert-OH is 1. The van der Waals surface area contributed by atoms with Crippen LogP contribution in [0.3, 0.4) is 0 Å². The van der Waals surface area contributed by atoms with Crippen molar-refractivity contribution in [3.05, 3.63) is 42.5 Å². The van der Waals surface area contributed by atoms with Gasteiger partial charge < -0.3 is 0 Å². The molecule has 0 saturated heterocycles. The van der Waals surface area contributed by atoms with E-state index in [1.165, 1.54) is 4.46 Å². The molecule has 0 spiro atoms. The van der Waals surface area contributed by atoms with Gasteiger partial charge in [0.25, 0.3) is 0 Å². The molecule has 1 atom stereocenters. The fourth-order valence-corrected chi connectivity index (χ4v) is 2.80. The molecular weight excluding hydrogens is 283 g/mol. The van der Waals surface area contributed by atoms with Crippen LogP contribution in [0.2, 0.25) is 5.32 Å². The maximum atomic E-state index is 11.1. The Hall–Kier alpha value is -1.09. The van der Waals surface area contributed by atoms with Crippen molar-refractivity contribution in [2.45, 2.75) is 18.3 Å². The van der Waals surface area contributed by atoms with Crippen LogP contribution < -0.4 is 4.46 Å². The summed E-state index contributed by atoms with van der Waals surface area (Å²) in [4.78, 5) is 11.1. The Bertz CT molecular complexity index is 376. The molecule has 0 bridgehead atoms. The van der Waals surface area contributed by atoms with Gasteiger partial charge in [-0.05, 0) is 0 Å². The Morgan fingerprint density at radius 2 is 2.12 bits per heavy atom. The van der Waals surface area contributed by atoms with E-state index in [0.717, 1.165) is 0 Å². The van der Waals surface area contributed by atoms with E-state index in [-0.39, 0.29) is 21.6 Å². The molecule has 0 aliphatic heterocycles. The first-order chi connectivity index (χ1) is 8.09. The summed E-state index contributed by atoms with van der Waals surface area (Å²) >= 11 is 0.205. The van der Waals surface area contributed by atoms with Gasteiger partial charge in [-0.25, -0.2) is 0 Å². The summed E-state index contributed by atoms with van der Waals surface area (Å²) in [6.07, 6.45) is -0.599. The molecule has 0 amide bonds. The van der Waals surface area contributed by atoms with Gasteiger partial charge in [-0.2, -0.15) is 0 Å². The zero-order valence-corrected chi connectivity index (χ0v) is 11.5. The topological polar surface area (TPSA) is 46.5 Å². The van der Waals surface area contributed by atoms with E-state index in [9.17, 15) is 9.90 Å². The van der Waals surface area contributed by atoms with Crippen LogP contribution in [0.5, 0.6) is 0 Å². The predicted molar refractivity (Wildman–Crippen MR) is 68.4 cm³/mol. The van der Waals surface area contributed by atoms with Crippen LogP contribution in [-0.2, 0) is 9.53 Å². The fraction of sp³-hybridized carbons (Fsp3) is 0.308. The molecule has 1 aromatic rings. The second kappa shape index (κ2) is 7.28. The summed E-state index contributed by atoms with van der Waals surface area (Å²) in [5.74, 6) is -0.448. The second-order valence-electron chi connectivity index (χ2n) is 3.66. The van der Waals surface area contributed by atoms with Gasteiger partial charge in [-0.3, -0.25) is 0 Å². The summed E-state index contributed by atoms with van der Waals surface area (Å²) in [5, 5.41) is 10.3. The molecule has 1 N–H and O–H groups in total. The van der Waals surface area contributed by atoms with Gasteiger partial charge >= 0.3 is 107 Å². The predicted octanol–water partition coefficient (Wildman–Crippen LogP) is 0.915. The molecule has 92 valence electrons. The molecule has 0 saturated carbocycles. The Morgan fingerprint density at radius 3 is 2.71 bits per heavy atom. The summed E-state index contributed by atoms with van der Waals surface area (Å²) in [6.45, 7) is 5.10. The van der Waals surface area contributed by atoms with Gasteiger partial charge in [-0.15, -0.1) is 0 Å². The number of hydrogen-bond donors (Lipinski definition) is 1. The zero-order chi connectivity index (χ0) is 12.7. The molecular formula is C13H16O3Se. The monoisotopic (exact) mass is 300 g/mol. The third-order valence-corrected chi connectivity index (χ3v) is 4.37. The van der Waals surface area contributed by atoms with Crippen molar-refractivity contribution in [2.24, 2.45) is 0 Å². The van der Waals surface area contributed by atoms with E-state index in [4.69, 9.17) is 4.74 Å². The standard InChI is InChI=1S/C13H16O3Se/c1-10(2)13(15)16-8-11(14)9-17-12-6-4-3-5-7-12/h3-7,11,14H,1,8-9H2,2H3. The number of esters is 1. The third kappa shape index (κ3) is 5.68. The van der Waals surface area contributed by atoms with Gasteiger partial charge in [-0.1, -0.05) is 0 Å². The molecule has 0 radical (unpaired) electrons. The Kier molecular flexibility index (Phi) is 5.98. The summed E-state index contributed by atoms with van der Waals surface area (Å²) < 4.78 is 6.10. The first-order valence-electron chi connectivity index (χ1n) is 5.28. The van der Waals surface area contributed by atoms with Crippen LogP contribution in [0.4, 0.5) is 0 Å². The first kappa shape index (κ1) is 14.0. The summed E-state index contributed by atoms with van der Waals surface area (Å²) in [5.41, 5.74) is 0.353. The molecule has 1 aromatic carbocycles. The Labute approximate surface area is 108 Å². The van der Waals surface area contributed by atoms with Crippen molar-refractivity contribution >= 4 is 25.4 Å². The number of carbonyl (C=O) groups is 1. The number of hydrogen-bond acceptors (Lipinski definition) is 3. The number of carbonyl (C=O) groups excluding carboxylic acids is 1. The molecule has 4 heteroatoms. The zero-order valence-electron chi connectivity index (χ0n) is 9.76. The van der Waals surface area contributed by atoms with E-state index < -0.39 is 12.1 Å². The van der Waals surface area contributed by atoms with E-state index in [2.05, 4.69) is 6.58 Å². The number of aliphatic hydroxyl groups is 1. The summed E-state index contributed by atoms with van der Waals surface area (Å²) in [6, 6.07) is 9.99. The average molecular weight is 299 g/mol. The maximum absolute atomic E-state index is 11.1. The van der Waals surface area contributed by atoms with Crippen LogP contribution in [-0.4, -0.2) is 38.7 Å². The van der Waals surface area contributed by atoms with Crippen molar-refractivity contribution in [1.29, 1.82) is 0 Å². The summed E-state index contributed by atoms with van der Waals surface area (Å²) in [7, 11) is 0. The Morgan fingerprint density at radius 1 is 1.47 bits per heavy atom. The van der Waals surface area contributed by atoms with Crippen molar-refractivity contribution in [1.82, 2.24) is 0 Å². The van der Waals surface area contributed by atoms with Gasteiger partial charge in [0.05, 0.1) is 0 Å². The third-order valence-electron chi connectivity index (χ3n) is 1.94. The number of benzene rings is 1. The molecule has 1 rings (SSSR count). The van der Waals surface area contributed by atoms with Gasteiger partial charge in [0.1, 0.15) is 0 Å². The molecule has 3 nitrogen and oxygen atoms in total. The Balaban J connectivity index is 2.24. The van der Waals surface area contributed by atoms with E-state index >= 15 is 0 Å². The van der Waals surface area contributed by atoms with Gasteiger partial charge in [0, 0.05) is 0 Å². The molecule has 0 aliphatic rings. The molecule has 17 heavy (non-hydrogen) atoms. The van der Waals surface area contributed by atoms with Crippen molar-refractivity contribution in [3.63, 3.8) is 0 Å². The van der Waals surface area contributed by atoms with Crippen molar-refractivity contribution in [2.75, 3.05) is 6.61 Å². The molecule has 0 fully saturated rings. The van der Waals surface area contributed by atoms with Gasteiger partial charge in [0.15, 0.2) is 0 Å². The molecule has 0 heterocycles. The molecule has 0 aliphatic carbocycles. The van der Waals surface area contributed by atoms with E-state index in [1.54, 1.807) is 6.92 Å². The minimum atomic E-state index is -0.599. The van der Waals surface area contributed by atoms with Crippen LogP contribution in [0.1, 0.15) is 6.92 Å². The quantitative estimate of drug-likeness (QED) is 0.482. The van der Waals surface area contributed by atoms with Crippen molar-refractivity contribution < 1.29 is 14.6 Å². The fourth-order valence-electron chi connectivity index (χ4n) is 1.05. The SMILES string of the molecule is C=C(C)C(=O)OCC(O)C[Se]c1ccccc1. The normalized spacial score (nSPS) is 11.9.